The van der Waals surface area contributed by atoms with Crippen LogP contribution in [0.3, 0.4) is 0 Å². The monoisotopic (exact) mass is 268 g/mol. The standard InChI is InChI=1S/C11H16N4S2/c1-4-15(5-2)11-9(10(12)14-17-11)8-6-16-7(3)13-8/h6H,4-5H2,1-3H3,(H2,12,14). The zero-order valence-corrected chi connectivity index (χ0v) is 11.9. The van der Waals surface area contributed by atoms with Crippen molar-refractivity contribution in [2.75, 3.05) is 23.7 Å². The Kier molecular flexibility index (Phi) is 3.63. The van der Waals surface area contributed by atoms with Crippen molar-refractivity contribution in [1.29, 1.82) is 0 Å². The van der Waals surface area contributed by atoms with Crippen molar-refractivity contribution < 1.29 is 0 Å². The van der Waals surface area contributed by atoms with Gasteiger partial charge < -0.3 is 10.6 Å². The minimum Gasteiger partial charge on any atom is -0.382 e. The van der Waals surface area contributed by atoms with Gasteiger partial charge in [0.15, 0.2) is 0 Å². The molecule has 17 heavy (non-hydrogen) atoms. The summed E-state index contributed by atoms with van der Waals surface area (Å²) in [7, 11) is 0. The van der Waals surface area contributed by atoms with Crippen LogP contribution < -0.4 is 10.6 Å². The van der Waals surface area contributed by atoms with Crippen LogP contribution in [0.4, 0.5) is 10.8 Å². The van der Waals surface area contributed by atoms with Gasteiger partial charge in [-0.25, -0.2) is 4.98 Å². The highest BCUT2D eigenvalue weighted by atomic mass is 32.1. The fourth-order valence-corrected chi connectivity index (χ4v) is 3.29. The van der Waals surface area contributed by atoms with Crippen LogP contribution in [0, 0.1) is 6.92 Å². The Morgan fingerprint density at radius 3 is 2.59 bits per heavy atom. The Bertz CT molecular complexity index is 499. The van der Waals surface area contributed by atoms with Gasteiger partial charge in [0.05, 0.1) is 16.3 Å². The van der Waals surface area contributed by atoms with Gasteiger partial charge >= 0.3 is 0 Å². The Morgan fingerprint density at radius 1 is 1.35 bits per heavy atom. The van der Waals surface area contributed by atoms with E-state index in [1.54, 1.807) is 11.3 Å². The summed E-state index contributed by atoms with van der Waals surface area (Å²) in [6.45, 7) is 8.18. The summed E-state index contributed by atoms with van der Waals surface area (Å²) < 4.78 is 4.26. The van der Waals surface area contributed by atoms with Crippen molar-refractivity contribution >= 4 is 33.7 Å². The number of aromatic nitrogens is 2. The largest absolute Gasteiger partial charge is 0.382 e. The van der Waals surface area contributed by atoms with Gasteiger partial charge in [-0.1, -0.05) is 0 Å². The summed E-state index contributed by atoms with van der Waals surface area (Å²) in [5.74, 6) is 0.585. The number of aryl methyl sites for hydroxylation is 1. The maximum atomic E-state index is 5.97. The van der Waals surface area contributed by atoms with E-state index in [4.69, 9.17) is 5.73 Å². The topological polar surface area (TPSA) is 55.0 Å². The van der Waals surface area contributed by atoms with Crippen molar-refractivity contribution in [1.82, 2.24) is 9.36 Å². The molecule has 2 aromatic heterocycles. The van der Waals surface area contributed by atoms with E-state index in [0.717, 1.165) is 34.4 Å². The van der Waals surface area contributed by atoms with Crippen LogP contribution in [0.5, 0.6) is 0 Å². The first-order valence-corrected chi connectivity index (χ1v) is 7.25. The molecule has 0 spiro atoms. The van der Waals surface area contributed by atoms with Crippen molar-refractivity contribution in [3.63, 3.8) is 0 Å². The van der Waals surface area contributed by atoms with Crippen LogP contribution in [0.1, 0.15) is 18.9 Å². The highest BCUT2D eigenvalue weighted by Gasteiger charge is 2.19. The molecule has 0 unspecified atom stereocenters. The van der Waals surface area contributed by atoms with Crippen LogP contribution in [-0.2, 0) is 0 Å². The van der Waals surface area contributed by atoms with E-state index in [2.05, 4.69) is 28.1 Å². The van der Waals surface area contributed by atoms with Gasteiger partial charge in [-0.3, -0.25) is 0 Å². The van der Waals surface area contributed by atoms with E-state index in [-0.39, 0.29) is 0 Å². The van der Waals surface area contributed by atoms with E-state index in [9.17, 15) is 0 Å². The molecule has 0 aliphatic heterocycles. The molecule has 2 rings (SSSR count). The molecule has 0 aromatic carbocycles. The molecular weight excluding hydrogens is 252 g/mol. The molecule has 92 valence electrons. The fourth-order valence-electron chi connectivity index (χ4n) is 1.74. The second-order valence-electron chi connectivity index (χ2n) is 3.67. The highest BCUT2D eigenvalue weighted by Crippen LogP contribution is 2.39. The van der Waals surface area contributed by atoms with Gasteiger partial charge in [0.1, 0.15) is 10.8 Å². The predicted octanol–water partition coefficient (Wildman–Crippen LogP) is 3.00. The molecule has 2 N–H and O–H groups in total. The zero-order chi connectivity index (χ0) is 12.4. The smallest absolute Gasteiger partial charge is 0.148 e. The van der Waals surface area contributed by atoms with Gasteiger partial charge in [0, 0.05) is 18.5 Å². The molecule has 0 radical (unpaired) electrons. The number of hydrogen-bond acceptors (Lipinski definition) is 6. The van der Waals surface area contributed by atoms with E-state index in [0.29, 0.717) is 5.82 Å². The van der Waals surface area contributed by atoms with E-state index in [1.807, 2.05) is 12.3 Å². The lowest BCUT2D eigenvalue weighted by Crippen LogP contribution is -2.21. The number of rotatable bonds is 4. The second kappa shape index (κ2) is 5.01. The lowest BCUT2D eigenvalue weighted by atomic mass is 10.2. The van der Waals surface area contributed by atoms with E-state index in [1.165, 1.54) is 11.5 Å². The van der Waals surface area contributed by atoms with Crippen LogP contribution in [-0.4, -0.2) is 22.4 Å². The summed E-state index contributed by atoms with van der Waals surface area (Å²) >= 11 is 3.09. The van der Waals surface area contributed by atoms with E-state index < -0.39 is 0 Å². The molecule has 0 bridgehead atoms. The second-order valence-corrected chi connectivity index (χ2v) is 5.49. The maximum Gasteiger partial charge on any atom is 0.148 e. The van der Waals surface area contributed by atoms with Crippen LogP contribution in [0.2, 0.25) is 0 Å². The molecule has 4 nitrogen and oxygen atoms in total. The van der Waals surface area contributed by atoms with Crippen molar-refractivity contribution in [2.24, 2.45) is 0 Å². The quantitative estimate of drug-likeness (QED) is 0.926. The number of anilines is 2. The Morgan fingerprint density at radius 2 is 2.06 bits per heavy atom. The molecule has 0 saturated heterocycles. The molecule has 6 heteroatoms. The molecular formula is C11H16N4S2. The average molecular weight is 268 g/mol. The molecule has 0 aliphatic rings. The molecule has 0 fully saturated rings. The highest BCUT2D eigenvalue weighted by molar-refractivity contribution is 7.11. The lowest BCUT2D eigenvalue weighted by molar-refractivity contribution is 0.877. The Labute approximate surface area is 109 Å². The number of nitrogens with two attached hydrogens (primary N) is 1. The SMILES string of the molecule is CCN(CC)c1snc(N)c1-c1csc(C)n1. The molecule has 2 aromatic rings. The van der Waals surface area contributed by atoms with E-state index >= 15 is 0 Å². The maximum absolute atomic E-state index is 5.97. The molecule has 0 saturated carbocycles. The van der Waals surface area contributed by atoms with Gasteiger partial charge in [-0.15, -0.1) is 11.3 Å². The average Bonchev–Trinajstić information content (AvgIpc) is 2.87. The zero-order valence-electron chi connectivity index (χ0n) is 10.2. The molecule has 0 atom stereocenters. The summed E-state index contributed by atoms with van der Waals surface area (Å²) in [5.41, 5.74) is 7.90. The van der Waals surface area contributed by atoms with Crippen LogP contribution in [0.15, 0.2) is 5.38 Å². The van der Waals surface area contributed by atoms with Gasteiger partial charge in [0.25, 0.3) is 0 Å². The third kappa shape index (κ3) is 2.28. The first kappa shape index (κ1) is 12.3. The third-order valence-corrected chi connectivity index (χ3v) is 4.32. The van der Waals surface area contributed by atoms with Crippen LogP contribution in [0.25, 0.3) is 11.3 Å². The number of thiazole rings is 1. The summed E-state index contributed by atoms with van der Waals surface area (Å²) in [4.78, 5) is 6.77. The Balaban J connectivity index is 2.49. The minimum atomic E-state index is 0.585. The molecule has 0 aliphatic carbocycles. The number of nitrogens with zero attached hydrogens (tertiary/aromatic N) is 3. The van der Waals surface area contributed by atoms with Crippen molar-refractivity contribution in [2.45, 2.75) is 20.8 Å². The minimum absolute atomic E-state index is 0.585. The molecule has 0 amide bonds. The van der Waals surface area contributed by atoms with Crippen molar-refractivity contribution in [3.05, 3.63) is 10.4 Å². The summed E-state index contributed by atoms with van der Waals surface area (Å²) in [6, 6.07) is 0. The number of nitrogen functional groups attached to an aromatic ring is 1. The predicted molar refractivity (Wildman–Crippen MR) is 75.9 cm³/mol. The van der Waals surface area contributed by atoms with Crippen LogP contribution >= 0.6 is 22.9 Å². The Hall–Kier alpha value is -1.14. The summed E-state index contributed by atoms with van der Waals surface area (Å²) in [5, 5.41) is 4.22. The normalized spacial score (nSPS) is 10.8. The van der Waals surface area contributed by atoms with Gasteiger partial charge in [-0.05, 0) is 32.3 Å². The fraction of sp³-hybridized carbons (Fsp3) is 0.455. The van der Waals surface area contributed by atoms with Gasteiger partial charge in [-0.2, -0.15) is 4.37 Å². The first-order chi connectivity index (χ1) is 8.17. The third-order valence-electron chi connectivity index (χ3n) is 2.63. The van der Waals surface area contributed by atoms with Crippen molar-refractivity contribution in [3.8, 4) is 11.3 Å². The van der Waals surface area contributed by atoms with Gasteiger partial charge in [0.2, 0.25) is 0 Å². The molecule has 2 heterocycles. The lowest BCUT2D eigenvalue weighted by Gasteiger charge is -2.19. The summed E-state index contributed by atoms with van der Waals surface area (Å²) in [6.07, 6.45) is 0. The first-order valence-electron chi connectivity index (χ1n) is 5.59. The number of hydrogen-bond donors (Lipinski definition) is 1.